The SMILES string of the molecule is COCC1=Nc2cccc3cccc(c23)N1. The molecule has 3 heteroatoms. The lowest BCUT2D eigenvalue weighted by Gasteiger charge is -2.18. The van der Waals surface area contributed by atoms with Gasteiger partial charge in [0.2, 0.25) is 0 Å². The van der Waals surface area contributed by atoms with Gasteiger partial charge in [0.15, 0.2) is 0 Å². The first-order valence-corrected chi connectivity index (χ1v) is 5.24. The molecule has 0 fully saturated rings. The number of amidine groups is 1. The summed E-state index contributed by atoms with van der Waals surface area (Å²) in [6, 6.07) is 12.4. The van der Waals surface area contributed by atoms with E-state index in [0.717, 1.165) is 17.2 Å². The second-order valence-corrected chi connectivity index (χ2v) is 3.80. The van der Waals surface area contributed by atoms with Crippen molar-refractivity contribution in [1.82, 2.24) is 0 Å². The van der Waals surface area contributed by atoms with Gasteiger partial charge in [-0.2, -0.15) is 0 Å². The number of rotatable bonds is 2. The van der Waals surface area contributed by atoms with Crippen molar-refractivity contribution in [3.8, 4) is 0 Å². The van der Waals surface area contributed by atoms with Gasteiger partial charge in [0.05, 0.1) is 5.69 Å². The van der Waals surface area contributed by atoms with Gasteiger partial charge >= 0.3 is 0 Å². The number of aliphatic imine (C=N–C) groups is 1. The average Bonchev–Trinajstić information content (AvgIpc) is 2.30. The molecule has 0 saturated heterocycles. The molecule has 0 bridgehead atoms. The molecular weight excluding hydrogens is 200 g/mol. The Morgan fingerprint density at radius 1 is 1.19 bits per heavy atom. The van der Waals surface area contributed by atoms with Crippen LogP contribution in [0.3, 0.4) is 0 Å². The highest BCUT2D eigenvalue weighted by atomic mass is 16.5. The molecule has 0 radical (unpaired) electrons. The predicted octanol–water partition coefficient (Wildman–Crippen LogP) is 2.94. The van der Waals surface area contributed by atoms with E-state index in [0.29, 0.717) is 6.61 Å². The van der Waals surface area contributed by atoms with E-state index in [-0.39, 0.29) is 0 Å². The summed E-state index contributed by atoms with van der Waals surface area (Å²) >= 11 is 0. The maximum absolute atomic E-state index is 5.10. The van der Waals surface area contributed by atoms with Gasteiger partial charge in [-0.05, 0) is 17.5 Å². The molecule has 0 unspecified atom stereocenters. The number of anilines is 1. The third-order valence-electron chi connectivity index (χ3n) is 2.70. The standard InChI is InChI=1S/C13H12N2O/c1-16-8-12-14-10-6-2-4-9-5-3-7-11(15-12)13(9)10/h2-7H,8H2,1H3,(H,14,15). The Balaban J connectivity index is 2.23. The molecule has 3 rings (SSSR count). The van der Waals surface area contributed by atoms with Gasteiger partial charge in [-0.3, -0.25) is 0 Å². The maximum atomic E-state index is 5.10. The largest absolute Gasteiger partial charge is 0.377 e. The molecule has 80 valence electrons. The number of methoxy groups -OCH3 is 1. The van der Waals surface area contributed by atoms with E-state index < -0.39 is 0 Å². The van der Waals surface area contributed by atoms with Crippen LogP contribution in [0.25, 0.3) is 10.8 Å². The highest BCUT2D eigenvalue weighted by Gasteiger charge is 2.13. The lowest BCUT2D eigenvalue weighted by molar-refractivity contribution is 0.245. The minimum absolute atomic E-state index is 0.505. The number of hydrogen-bond acceptors (Lipinski definition) is 3. The molecule has 16 heavy (non-hydrogen) atoms. The summed E-state index contributed by atoms with van der Waals surface area (Å²) < 4.78 is 5.10. The number of nitrogens with zero attached hydrogens (tertiary/aromatic N) is 1. The summed E-state index contributed by atoms with van der Waals surface area (Å²) in [4.78, 5) is 4.53. The Hall–Kier alpha value is -1.87. The summed E-state index contributed by atoms with van der Waals surface area (Å²) in [6.45, 7) is 0.505. The first-order valence-electron chi connectivity index (χ1n) is 5.24. The molecule has 0 amide bonds. The van der Waals surface area contributed by atoms with Crippen molar-refractivity contribution >= 4 is 28.0 Å². The van der Waals surface area contributed by atoms with Crippen LogP contribution in [0, 0.1) is 0 Å². The van der Waals surface area contributed by atoms with E-state index in [1.54, 1.807) is 7.11 Å². The average molecular weight is 212 g/mol. The molecule has 2 aromatic rings. The highest BCUT2D eigenvalue weighted by Crippen LogP contribution is 2.35. The Morgan fingerprint density at radius 2 is 2.00 bits per heavy atom. The van der Waals surface area contributed by atoms with Crippen LogP contribution in [-0.2, 0) is 4.74 Å². The van der Waals surface area contributed by atoms with Crippen LogP contribution >= 0.6 is 0 Å². The highest BCUT2D eigenvalue weighted by molar-refractivity contribution is 6.13. The minimum Gasteiger partial charge on any atom is -0.377 e. The molecule has 1 aliphatic rings. The first-order chi connectivity index (χ1) is 7.88. The van der Waals surface area contributed by atoms with Crippen LogP contribution in [0.5, 0.6) is 0 Å². The Morgan fingerprint density at radius 3 is 2.81 bits per heavy atom. The molecule has 1 aliphatic heterocycles. The van der Waals surface area contributed by atoms with Crippen molar-refractivity contribution in [2.75, 3.05) is 19.0 Å². The number of benzene rings is 2. The van der Waals surface area contributed by atoms with Crippen LogP contribution in [0.2, 0.25) is 0 Å². The Kier molecular flexibility index (Phi) is 2.11. The van der Waals surface area contributed by atoms with Crippen LogP contribution in [0.4, 0.5) is 11.4 Å². The Labute approximate surface area is 93.8 Å². The topological polar surface area (TPSA) is 33.6 Å². The second kappa shape index (κ2) is 3.61. The van der Waals surface area contributed by atoms with Gasteiger partial charge in [-0.15, -0.1) is 0 Å². The van der Waals surface area contributed by atoms with E-state index in [4.69, 9.17) is 4.74 Å². The zero-order valence-corrected chi connectivity index (χ0v) is 9.03. The monoisotopic (exact) mass is 212 g/mol. The quantitative estimate of drug-likeness (QED) is 0.830. The summed E-state index contributed by atoms with van der Waals surface area (Å²) in [5.74, 6) is 0.855. The summed E-state index contributed by atoms with van der Waals surface area (Å²) in [6.07, 6.45) is 0. The van der Waals surface area contributed by atoms with Crippen molar-refractivity contribution < 1.29 is 4.74 Å². The van der Waals surface area contributed by atoms with Gasteiger partial charge in [0, 0.05) is 18.2 Å². The van der Waals surface area contributed by atoms with Crippen molar-refractivity contribution in [2.45, 2.75) is 0 Å². The molecule has 0 spiro atoms. The smallest absolute Gasteiger partial charge is 0.133 e. The third-order valence-corrected chi connectivity index (χ3v) is 2.70. The fourth-order valence-electron chi connectivity index (χ4n) is 2.05. The van der Waals surface area contributed by atoms with E-state index in [2.05, 4.69) is 28.5 Å². The van der Waals surface area contributed by atoms with E-state index in [1.807, 2.05) is 18.2 Å². The Bertz CT molecular complexity index is 570. The molecule has 1 heterocycles. The zero-order valence-electron chi connectivity index (χ0n) is 9.03. The van der Waals surface area contributed by atoms with Crippen molar-refractivity contribution in [3.63, 3.8) is 0 Å². The van der Waals surface area contributed by atoms with Gasteiger partial charge < -0.3 is 10.1 Å². The molecule has 0 atom stereocenters. The van der Waals surface area contributed by atoms with Crippen LogP contribution < -0.4 is 5.32 Å². The van der Waals surface area contributed by atoms with E-state index in [9.17, 15) is 0 Å². The maximum Gasteiger partial charge on any atom is 0.133 e. The number of hydrogen-bond donors (Lipinski definition) is 1. The van der Waals surface area contributed by atoms with Gasteiger partial charge in [-0.1, -0.05) is 24.3 Å². The first kappa shape index (κ1) is 9.36. The molecule has 3 nitrogen and oxygen atoms in total. The van der Waals surface area contributed by atoms with Gasteiger partial charge in [-0.25, -0.2) is 4.99 Å². The van der Waals surface area contributed by atoms with Crippen molar-refractivity contribution in [3.05, 3.63) is 36.4 Å². The van der Waals surface area contributed by atoms with E-state index >= 15 is 0 Å². The molecule has 0 aliphatic carbocycles. The van der Waals surface area contributed by atoms with Gasteiger partial charge in [0.1, 0.15) is 12.4 Å². The van der Waals surface area contributed by atoms with Crippen molar-refractivity contribution in [2.24, 2.45) is 4.99 Å². The normalized spacial score (nSPS) is 13.4. The summed E-state index contributed by atoms with van der Waals surface area (Å²) in [5, 5.41) is 5.68. The number of ether oxygens (including phenoxy) is 1. The van der Waals surface area contributed by atoms with Crippen LogP contribution in [0.15, 0.2) is 41.4 Å². The summed E-state index contributed by atoms with van der Waals surface area (Å²) in [5.41, 5.74) is 2.12. The molecule has 1 N–H and O–H groups in total. The zero-order chi connectivity index (χ0) is 11.0. The van der Waals surface area contributed by atoms with Crippen LogP contribution in [-0.4, -0.2) is 19.6 Å². The molecular formula is C13H12N2O. The lowest BCUT2D eigenvalue weighted by Crippen LogP contribution is -2.19. The fourth-order valence-corrected chi connectivity index (χ4v) is 2.05. The fraction of sp³-hybridized carbons (Fsp3) is 0.154. The lowest BCUT2D eigenvalue weighted by atomic mass is 10.1. The van der Waals surface area contributed by atoms with Crippen LogP contribution in [0.1, 0.15) is 0 Å². The van der Waals surface area contributed by atoms with Gasteiger partial charge in [0.25, 0.3) is 0 Å². The number of nitrogens with one attached hydrogen (secondary N) is 1. The molecule has 0 aromatic heterocycles. The summed E-state index contributed by atoms with van der Waals surface area (Å²) in [7, 11) is 1.67. The molecule has 0 saturated carbocycles. The van der Waals surface area contributed by atoms with Crippen molar-refractivity contribution in [1.29, 1.82) is 0 Å². The molecule has 2 aromatic carbocycles. The minimum atomic E-state index is 0.505. The van der Waals surface area contributed by atoms with E-state index in [1.165, 1.54) is 10.8 Å². The second-order valence-electron chi connectivity index (χ2n) is 3.80. The predicted molar refractivity (Wildman–Crippen MR) is 66.5 cm³/mol. The third kappa shape index (κ3) is 1.37.